The van der Waals surface area contributed by atoms with Crippen molar-refractivity contribution in [1.82, 2.24) is 14.5 Å². The second kappa shape index (κ2) is 5.36. The van der Waals surface area contributed by atoms with E-state index in [0.29, 0.717) is 6.54 Å². The predicted molar refractivity (Wildman–Crippen MR) is 79.4 cm³/mol. The number of aromatic carboxylic acids is 1. The summed E-state index contributed by atoms with van der Waals surface area (Å²) < 4.78 is 1.93. The standard InChI is InChI=1S/C16H15N3O2/c1-2-11-4-3-7-17-14(11)9-19-10-18-13-6-5-12(16(20)21)8-15(13)19/h3-8,10H,2,9H2,1H3,(H,20,21). The number of pyridine rings is 1. The van der Waals surface area contributed by atoms with Gasteiger partial charge in [-0.2, -0.15) is 0 Å². The molecule has 0 aliphatic rings. The molecule has 0 aliphatic heterocycles. The largest absolute Gasteiger partial charge is 0.478 e. The van der Waals surface area contributed by atoms with Crippen molar-refractivity contribution in [3.63, 3.8) is 0 Å². The molecule has 0 atom stereocenters. The summed E-state index contributed by atoms with van der Waals surface area (Å²) in [4.78, 5) is 19.8. The molecule has 0 saturated carbocycles. The smallest absolute Gasteiger partial charge is 0.335 e. The van der Waals surface area contributed by atoms with Crippen molar-refractivity contribution in [2.24, 2.45) is 0 Å². The Morgan fingerprint density at radius 1 is 1.29 bits per heavy atom. The first kappa shape index (κ1) is 13.3. The summed E-state index contributed by atoms with van der Waals surface area (Å²) >= 11 is 0. The lowest BCUT2D eigenvalue weighted by Gasteiger charge is -2.08. The molecule has 2 aromatic heterocycles. The number of hydrogen-bond acceptors (Lipinski definition) is 3. The van der Waals surface area contributed by atoms with Gasteiger partial charge in [0, 0.05) is 6.20 Å². The summed E-state index contributed by atoms with van der Waals surface area (Å²) in [6, 6.07) is 8.94. The van der Waals surface area contributed by atoms with Crippen LogP contribution in [0.25, 0.3) is 11.0 Å². The normalized spacial score (nSPS) is 10.9. The molecule has 5 nitrogen and oxygen atoms in total. The predicted octanol–water partition coefficient (Wildman–Crippen LogP) is 2.74. The van der Waals surface area contributed by atoms with Crippen molar-refractivity contribution in [3.8, 4) is 0 Å². The minimum absolute atomic E-state index is 0.265. The van der Waals surface area contributed by atoms with E-state index < -0.39 is 5.97 Å². The Balaban J connectivity index is 2.04. The zero-order valence-electron chi connectivity index (χ0n) is 11.7. The van der Waals surface area contributed by atoms with E-state index in [1.54, 1.807) is 30.7 Å². The number of benzene rings is 1. The molecule has 1 N–H and O–H groups in total. The van der Waals surface area contributed by atoms with E-state index in [4.69, 9.17) is 5.11 Å². The van der Waals surface area contributed by atoms with Gasteiger partial charge in [0.15, 0.2) is 0 Å². The van der Waals surface area contributed by atoms with Crippen LogP contribution in [-0.2, 0) is 13.0 Å². The van der Waals surface area contributed by atoms with Crippen LogP contribution in [0.5, 0.6) is 0 Å². The molecule has 3 aromatic rings. The van der Waals surface area contributed by atoms with Crippen molar-refractivity contribution in [2.75, 3.05) is 0 Å². The van der Waals surface area contributed by atoms with Gasteiger partial charge in [0.2, 0.25) is 0 Å². The number of aromatic nitrogens is 3. The van der Waals surface area contributed by atoms with E-state index in [0.717, 1.165) is 23.1 Å². The minimum Gasteiger partial charge on any atom is -0.478 e. The van der Waals surface area contributed by atoms with Crippen LogP contribution in [0.3, 0.4) is 0 Å². The van der Waals surface area contributed by atoms with Crippen LogP contribution < -0.4 is 0 Å². The van der Waals surface area contributed by atoms with E-state index in [1.165, 1.54) is 5.56 Å². The maximum absolute atomic E-state index is 11.1. The number of hydrogen-bond donors (Lipinski definition) is 1. The van der Waals surface area contributed by atoms with E-state index in [-0.39, 0.29) is 5.56 Å². The fourth-order valence-corrected chi connectivity index (χ4v) is 2.41. The molecule has 1 aromatic carbocycles. The highest BCUT2D eigenvalue weighted by atomic mass is 16.4. The fraction of sp³-hybridized carbons (Fsp3) is 0.188. The summed E-state index contributed by atoms with van der Waals surface area (Å²) in [5, 5.41) is 9.10. The molecule has 0 saturated heterocycles. The lowest BCUT2D eigenvalue weighted by molar-refractivity contribution is 0.0697. The van der Waals surface area contributed by atoms with Gasteiger partial charge in [-0.1, -0.05) is 13.0 Å². The Bertz CT molecular complexity index is 808. The molecule has 2 heterocycles. The summed E-state index contributed by atoms with van der Waals surface area (Å²) in [6.45, 7) is 2.68. The van der Waals surface area contributed by atoms with Crippen molar-refractivity contribution >= 4 is 17.0 Å². The van der Waals surface area contributed by atoms with Crippen LogP contribution in [0.4, 0.5) is 0 Å². The highest BCUT2D eigenvalue weighted by Crippen LogP contribution is 2.17. The van der Waals surface area contributed by atoms with E-state index in [1.807, 2.05) is 10.6 Å². The summed E-state index contributed by atoms with van der Waals surface area (Å²) in [5.74, 6) is -0.934. The Morgan fingerprint density at radius 2 is 2.14 bits per heavy atom. The van der Waals surface area contributed by atoms with Gasteiger partial charge in [-0.25, -0.2) is 9.78 Å². The quantitative estimate of drug-likeness (QED) is 0.798. The fourth-order valence-electron chi connectivity index (χ4n) is 2.41. The Labute approximate surface area is 121 Å². The van der Waals surface area contributed by atoms with Gasteiger partial charge in [-0.3, -0.25) is 4.98 Å². The highest BCUT2D eigenvalue weighted by Gasteiger charge is 2.10. The molecule has 0 amide bonds. The number of carbonyl (C=O) groups is 1. The van der Waals surface area contributed by atoms with Gasteiger partial charge in [-0.05, 0) is 36.2 Å². The zero-order chi connectivity index (χ0) is 14.8. The zero-order valence-corrected chi connectivity index (χ0v) is 11.7. The average Bonchev–Trinajstić information content (AvgIpc) is 2.90. The topological polar surface area (TPSA) is 68.0 Å². The summed E-state index contributed by atoms with van der Waals surface area (Å²) in [5.41, 5.74) is 4.03. The number of carboxylic acid groups (broad SMARTS) is 1. The monoisotopic (exact) mass is 281 g/mol. The van der Waals surface area contributed by atoms with Gasteiger partial charge in [0.25, 0.3) is 0 Å². The third-order valence-corrected chi connectivity index (χ3v) is 3.55. The van der Waals surface area contributed by atoms with Crippen LogP contribution in [0.2, 0.25) is 0 Å². The molecule has 0 bridgehead atoms. The van der Waals surface area contributed by atoms with Crippen molar-refractivity contribution < 1.29 is 9.90 Å². The van der Waals surface area contributed by atoms with E-state index >= 15 is 0 Å². The van der Waals surface area contributed by atoms with E-state index in [2.05, 4.69) is 23.0 Å². The Morgan fingerprint density at radius 3 is 2.90 bits per heavy atom. The molecule has 0 spiro atoms. The second-order valence-electron chi connectivity index (χ2n) is 4.84. The number of carboxylic acids is 1. The van der Waals surface area contributed by atoms with Crippen molar-refractivity contribution in [2.45, 2.75) is 19.9 Å². The molecule has 0 aliphatic carbocycles. The lowest BCUT2D eigenvalue weighted by Crippen LogP contribution is -2.04. The maximum atomic E-state index is 11.1. The second-order valence-corrected chi connectivity index (χ2v) is 4.84. The van der Waals surface area contributed by atoms with Crippen molar-refractivity contribution in [1.29, 1.82) is 0 Å². The number of aryl methyl sites for hydroxylation is 1. The maximum Gasteiger partial charge on any atom is 0.335 e. The van der Waals surface area contributed by atoms with Gasteiger partial charge in [0.05, 0.1) is 35.2 Å². The van der Waals surface area contributed by atoms with Crippen LogP contribution in [0.15, 0.2) is 42.9 Å². The molecule has 5 heteroatoms. The third-order valence-electron chi connectivity index (χ3n) is 3.55. The number of imidazole rings is 1. The SMILES string of the molecule is CCc1cccnc1Cn1cnc2ccc(C(=O)O)cc21. The Kier molecular flexibility index (Phi) is 3.39. The molecule has 0 radical (unpaired) electrons. The van der Waals surface area contributed by atoms with Crippen LogP contribution in [0.1, 0.15) is 28.5 Å². The van der Waals surface area contributed by atoms with E-state index in [9.17, 15) is 4.79 Å². The minimum atomic E-state index is -0.934. The molecule has 21 heavy (non-hydrogen) atoms. The average molecular weight is 281 g/mol. The Hall–Kier alpha value is -2.69. The van der Waals surface area contributed by atoms with Gasteiger partial charge in [0.1, 0.15) is 0 Å². The molecular formula is C16H15N3O2. The van der Waals surface area contributed by atoms with Crippen LogP contribution in [-0.4, -0.2) is 25.6 Å². The molecule has 0 fully saturated rings. The summed E-state index contributed by atoms with van der Waals surface area (Å²) in [7, 11) is 0. The molecule has 0 unspecified atom stereocenters. The lowest BCUT2D eigenvalue weighted by atomic mass is 10.1. The molecular weight excluding hydrogens is 266 g/mol. The first-order valence-corrected chi connectivity index (χ1v) is 6.80. The van der Waals surface area contributed by atoms with Crippen LogP contribution >= 0.6 is 0 Å². The number of fused-ring (bicyclic) bond motifs is 1. The third kappa shape index (κ3) is 2.50. The van der Waals surface area contributed by atoms with Crippen molar-refractivity contribution in [3.05, 3.63) is 59.7 Å². The van der Waals surface area contributed by atoms with Gasteiger partial charge < -0.3 is 9.67 Å². The number of rotatable bonds is 4. The highest BCUT2D eigenvalue weighted by molar-refractivity contribution is 5.92. The molecule has 3 rings (SSSR count). The number of nitrogens with zero attached hydrogens (tertiary/aromatic N) is 3. The van der Waals surface area contributed by atoms with Gasteiger partial charge in [-0.15, -0.1) is 0 Å². The first-order valence-electron chi connectivity index (χ1n) is 6.80. The van der Waals surface area contributed by atoms with Crippen LogP contribution in [0, 0.1) is 0 Å². The first-order chi connectivity index (χ1) is 10.2. The molecule has 106 valence electrons. The summed E-state index contributed by atoms with van der Waals surface area (Å²) in [6.07, 6.45) is 4.41. The van der Waals surface area contributed by atoms with Gasteiger partial charge >= 0.3 is 5.97 Å².